The number of carbonyl (C=O) groups excluding carboxylic acids is 2. The quantitative estimate of drug-likeness (QED) is 0.383. The van der Waals surface area contributed by atoms with Crippen LogP contribution in [-0.2, 0) is 9.59 Å². The molecule has 178 valence electrons. The molecule has 2 heterocycles. The maximum absolute atomic E-state index is 13.8. The molecule has 35 heavy (non-hydrogen) atoms. The van der Waals surface area contributed by atoms with E-state index in [1.165, 1.54) is 11.8 Å². The Morgan fingerprint density at radius 1 is 0.743 bits per heavy atom. The Labute approximate surface area is 218 Å². The molecule has 1 saturated heterocycles. The van der Waals surface area contributed by atoms with E-state index in [4.69, 9.17) is 23.2 Å². The molecule has 5 nitrogen and oxygen atoms in total. The van der Waals surface area contributed by atoms with Gasteiger partial charge in [0.25, 0.3) is 11.8 Å². The molecule has 2 aliphatic rings. The molecule has 5 rings (SSSR count). The molecule has 2 aliphatic heterocycles. The van der Waals surface area contributed by atoms with Gasteiger partial charge < -0.3 is 9.80 Å². The van der Waals surface area contributed by atoms with Crippen molar-refractivity contribution >= 4 is 58.2 Å². The second kappa shape index (κ2) is 9.97. The Bertz CT molecular complexity index is 1300. The van der Waals surface area contributed by atoms with Gasteiger partial charge >= 0.3 is 0 Å². The van der Waals surface area contributed by atoms with Crippen molar-refractivity contribution in [2.75, 3.05) is 36.0 Å². The molecule has 8 heteroatoms. The van der Waals surface area contributed by atoms with Crippen molar-refractivity contribution in [1.82, 2.24) is 4.90 Å². The van der Waals surface area contributed by atoms with Crippen LogP contribution >= 0.6 is 35.0 Å². The number of aryl methyl sites for hydroxylation is 1. The number of hydrogen-bond donors (Lipinski definition) is 0. The number of amides is 2. The lowest BCUT2D eigenvalue weighted by atomic mass is 10.2. The smallest absolute Gasteiger partial charge is 0.283 e. The van der Waals surface area contributed by atoms with Gasteiger partial charge in [0, 0.05) is 36.8 Å². The van der Waals surface area contributed by atoms with E-state index in [0.29, 0.717) is 34.4 Å². The fourth-order valence-electron chi connectivity index (χ4n) is 4.30. The fourth-order valence-corrected chi connectivity index (χ4v) is 5.68. The lowest BCUT2D eigenvalue weighted by Gasteiger charge is -2.37. The van der Waals surface area contributed by atoms with E-state index >= 15 is 0 Å². The highest BCUT2D eigenvalue weighted by atomic mass is 35.5. The molecule has 0 unspecified atom stereocenters. The SMILES string of the molecule is Cc1ccc(SC2=C(N3CCN(c4ccccc4)CC3)C(=O)N(c3cccc(Cl)c3Cl)C2=O)cc1. The van der Waals surface area contributed by atoms with Gasteiger partial charge in [-0.05, 0) is 43.3 Å². The first-order valence-corrected chi connectivity index (χ1v) is 12.9. The second-order valence-electron chi connectivity index (χ2n) is 8.42. The van der Waals surface area contributed by atoms with Crippen LogP contribution in [0.15, 0.2) is 88.3 Å². The lowest BCUT2D eigenvalue weighted by Crippen LogP contribution is -2.47. The molecule has 2 amide bonds. The average Bonchev–Trinajstić information content (AvgIpc) is 3.12. The average molecular weight is 524 g/mol. The van der Waals surface area contributed by atoms with Crippen molar-refractivity contribution < 1.29 is 9.59 Å². The highest BCUT2D eigenvalue weighted by molar-refractivity contribution is 8.04. The summed E-state index contributed by atoms with van der Waals surface area (Å²) in [6, 6.07) is 23.1. The van der Waals surface area contributed by atoms with Crippen molar-refractivity contribution in [3.8, 4) is 0 Å². The van der Waals surface area contributed by atoms with Gasteiger partial charge in [0.15, 0.2) is 0 Å². The van der Waals surface area contributed by atoms with Crippen LogP contribution in [0.4, 0.5) is 11.4 Å². The summed E-state index contributed by atoms with van der Waals surface area (Å²) in [7, 11) is 0. The number of thioether (sulfide) groups is 1. The number of imide groups is 1. The Morgan fingerprint density at radius 3 is 2.09 bits per heavy atom. The Hall–Kier alpha value is -2.93. The van der Waals surface area contributed by atoms with E-state index < -0.39 is 0 Å². The predicted molar refractivity (Wildman–Crippen MR) is 143 cm³/mol. The molecule has 0 spiro atoms. The maximum atomic E-state index is 13.8. The number of hydrogen-bond acceptors (Lipinski definition) is 5. The number of benzene rings is 3. The van der Waals surface area contributed by atoms with Gasteiger partial charge in [0.1, 0.15) is 10.6 Å². The normalized spacial score (nSPS) is 16.5. The Morgan fingerprint density at radius 2 is 1.40 bits per heavy atom. The monoisotopic (exact) mass is 523 g/mol. The number of rotatable bonds is 5. The van der Waals surface area contributed by atoms with Gasteiger partial charge in [-0.15, -0.1) is 0 Å². The summed E-state index contributed by atoms with van der Waals surface area (Å²) < 4.78 is 0. The summed E-state index contributed by atoms with van der Waals surface area (Å²) >= 11 is 14.0. The Balaban J connectivity index is 1.48. The zero-order chi connectivity index (χ0) is 24.5. The van der Waals surface area contributed by atoms with Crippen molar-refractivity contribution in [3.63, 3.8) is 0 Å². The van der Waals surface area contributed by atoms with Crippen LogP contribution in [0, 0.1) is 6.92 Å². The molecule has 0 aromatic heterocycles. The summed E-state index contributed by atoms with van der Waals surface area (Å²) in [6.07, 6.45) is 0. The fraction of sp³-hybridized carbons (Fsp3) is 0.185. The lowest BCUT2D eigenvalue weighted by molar-refractivity contribution is -0.121. The minimum atomic E-state index is -0.384. The predicted octanol–water partition coefficient (Wildman–Crippen LogP) is 6.00. The number of halogens is 2. The standard InChI is InChI=1S/C27H23Cl2N3O2S/c1-18-10-12-20(13-11-18)35-25-24(31-16-14-30(15-17-31)19-6-3-2-4-7-19)26(33)32(27(25)34)22-9-5-8-21(28)23(22)29/h2-13H,14-17H2,1H3. The third-order valence-electron chi connectivity index (χ3n) is 6.15. The highest BCUT2D eigenvalue weighted by Crippen LogP contribution is 2.42. The Kier molecular flexibility index (Phi) is 6.78. The van der Waals surface area contributed by atoms with Crippen LogP contribution in [0.25, 0.3) is 0 Å². The van der Waals surface area contributed by atoms with Crippen molar-refractivity contribution in [2.45, 2.75) is 11.8 Å². The largest absolute Gasteiger partial charge is 0.368 e. The molecule has 0 bridgehead atoms. The van der Waals surface area contributed by atoms with Crippen molar-refractivity contribution in [3.05, 3.63) is 99.0 Å². The first-order valence-electron chi connectivity index (χ1n) is 11.3. The molecule has 3 aromatic rings. The van der Waals surface area contributed by atoms with Gasteiger partial charge in [0.05, 0.1) is 15.7 Å². The third-order valence-corrected chi connectivity index (χ3v) is 8.04. The van der Waals surface area contributed by atoms with E-state index in [1.54, 1.807) is 18.2 Å². The van der Waals surface area contributed by atoms with Crippen molar-refractivity contribution in [2.24, 2.45) is 0 Å². The van der Waals surface area contributed by atoms with E-state index in [2.05, 4.69) is 17.0 Å². The summed E-state index contributed by atoms with van der Waals surface area (Å²) in [5.74, 6) is -0.757. The zero-order valence-electron chi connectivity index (χ0n) is 19.1. The van der Waals surface area contributed by atoms with Crippen molar-refractivity contribution in [1.29, 1.82) is 0 Å². The minimum absolute atomic E-state index is 0.186. The van der Waals surface area contributed by atoms with E-state index in [1.807, 2.05) is 54.3 Å². The number of piperazine rings is 1. The van der Waals surface area contributed by atoms with Gasteiger partial charge in [-0.3, -0.25) is 9.59 Å². The third kappa shape index (κ3) is 4.66. The summed E-state index contributed by atoms with van der Waals surface area (Å²) in [6.45, 7) is 4.75. The summed E-state index contributed by atoms with van der Waals surface area (Å²) in [5, 5.41) is 0.480. The highest BCUT2D eigenvalue weighted by Gasteiger charge is 2.44. The first kappa shape index (κ1) is 23.8. The molecular weight excluding hydrogens is 501 g/mol. The molecular formula is C27H23Cl2N3O2S. The van der Waals surface area contributed by atoms with Gasteiger partial charge in [-0.1, -0.05) is 76.9 Å². The molecule has 1 fully saturated rings. The maximum Gasteiger partial charge on any atom is 0.283 e. The molecule has 0 atom stereocenters. The van der Waals surface area contributed by atoms with Gasteiger partial charge in [-0.2, -0.15) is 0 Å². The van der Waals surface area contributed by atoms with Crippen LogP contribution < -0.4 is 9.80 Å². The number of para-hydroxylation sites is 1. The summed E-state index contributed by atoms with van der Waals surface area (Å²) in [4.78, 5) is 34.2. The molecule has 0 N–H and O–H groups in total. The molecule has 0 radical (unpaired) electrons. The molecule has 3 aromatic carbocycles. The van der Waals surface area contributed by atoms with E-state index in [0.717, 1.165) is 34.1 Å². The van der Waals surface area contributed by atoms with Crippen LogP contribution in [0.5, 0.6) is 0 Å². The number of nitrogens with zero attached hydrogens (tertiary/aromatic N) is 3. The minimum Gasteiger partial charge on any atom is -0.368 e. The molecule has 0 saturated carbocycles. The van der Waals surface area contributed by atoms with E-state index in [-0.39, 0.29) is 16.8 Å². The zero-order valence-corrected chi connectivity index (χ0v) is 21.4. The summed E-state index contributed by atoms with van der Waals surface area (Å²) in [5.41, 5.74) is 3.00. The number of carbonyl (C=O) groups is 2. The topological polar surface area (TPSA) is 43.9 Å². The van der Waals surface area contributed by atoms with E-state index in [9.17, 15) is 9.59 Å². The first-order chi connectivity index (χ1) is 16.9. The van der Waals surface area contributed by atoms with Gasteiger partial charge in [-0.25, -0.2) is 4.90 Å². The van der Waals surface area contributed by atoms with Crippen LogP contribution in [-0.4, -0.2) is 42.9 Å². The van der Waals surface area contributed by atoms with Gasteiger partial charge in [0.2, 0.25) is 0 Å². The van der Waals surface area contributed by atoms with Crippen LogP contribution in [0.2, 0.25) is 10.0 Å². The van der Waals surface area contributed by atoms with Crippen LogP contribution in [0.1, 0.15) is 5.56 Å². The number of anilines is 2. The molecule has 0 aliphatic carbocycles. The second-order valence-corrected chi connectivity index (χ2v) is 10.3. The van der Waals surface area contributed by atoms with Crippen LogP contribution in [0.3, 0.4) is 0 Å².